The van der Waals surface area contributed by atoms with Gasteiger partial charge >= 0.3 is 0 Å². The van der Waals surface area contributed by atoms with E-state index in [4.69, 9.17) is 22.7 Å². The first kappa shape index (κ1) is 18.6. The molecule has 0 amide bonds. The van der Waals surface area contributed by atoms with Crippen LogP contribution in [-0.2, 0) is 0 Å². The number of rotatable bonds is 6. The first-order valence-electron chi connectivity index (χ1n) is 7.28. The molecule has 0 bridgehead atoms. The lowest BCUT2D eigenvalue weighted by Crippen LogP contribution is -2.30. The van der Waals surface area contributed by atoms with Gasteiger partial charge in [0.15, 0.2) is 5.78 Å². The van der Waals surface area contributed by atoms with Crippen molar-refractivity contribution in [1.29, 1.82) is 5.41 Å². The summed E-state index contributed by atoms with van der Waals surface area (Å²) < 4.78 is 13.7. The molecule has 0 spiro atoms. The number of hydrogen-bond acceptors (Lipinski definition) is 3. The second-order valence-electron chi connectivity index (χ2n) is 7.21. The monoisotopic (exact) mass is 326 g/mol. The molecule has 0 aliphatic rings. The number of benzene rings is 1. The van der Waals surface area contributed by atoms with Crippen molar-refractivity contribution in [2.75, 3.05) is 5.73 Å². The van der Waals surface area contributed by atoms with E-state index >= 15 is 0 Å². The minimum absolute atomic E-state index is 0.0383. The van der Waals surface area contributed by atoms with Crippen LogP contribution in [0.5, 0.6) is 0 Å². The van der Waals surface area contributed by atoms with E-state index in [2.05, 4.69) is 20.8 Å². The van der Waals surface area contributed by atoms with E-state index in [1.54, 1.807) is 0 Å². The van der Waals surface area contributed by atoms with Gasteiger partial charge in [0, 0.05) is 11.0 Å². The maximum Gasteiger partial charge on any atom is 0.169 e. The summed E-state index contributed by atoms with van der Waals surface area (Å²) in [6.45, 7) is 8.11. The predicted molar refractivity (Wildman–Crippen MR) is 90.3 cm³/mol. The van der Waals surface area contributed by atoms with Gasteiger partial charge in [-0.05, 0) is 43.0 Å². The largest absolute Gasteiger partial charge is 0.395 e. The standard InChI is InChI=1S/C17H24ClFN2O/c1-16(2,3)5-6-17(4,7-8-20)15(22)11-9-12(18)14(21)13(19)10-11/h8-10,20H,5-7,21H2,1-4H3/t17-/m1/s1. The Morgan fingerprint density at radius 3 is 2.36 bits per heavy atom. The van der Waals surface area contributed by atoms with Gasteiger partial charge in [-0.25, -0.2) is 4.39 Å². The highest BCUT2D eigenvalue weighted by Crippen LogP contribution is 2.37. The molecule has 0 saturated carbocycles. The molecule has 0 aromatic heterocycles. The highest BCUT2D eigenvalue weighted by atomic mass is 35.5. The van der Waals surface area contributed by atoms with E-state index in [9.17, 15) is 9.18 Å². The zero-order valence-corrected chi connectivity index (χ0v) is 14.4. The van der Waals surface area contributed by atoms with E-state index in [-0.39, 0.29) is 27.5 Å². The number of carbonyl (C=O) groups is 1. The van der Waals surface area contributed by atoms with Crippen molar-refractivity contribution in [3.63, 3.8) is 0 Å². The van der Waals surface area contributed by atoms with Crippen molar-refractivity contribution in [2.45, 2.75) is 47.0 Å². The molecule has 1 rings (SSSR count). The van der Waals surface area contributed by atoms with E-state index in [1.165, 1.54) is 12.3 Å². The van der Waals surface area contributed by atoms with E-state index in [1.807, 2.05) is 6.92 Å². The number of Topliss-reactive ketones (excluding diaryl/α,β-unsaturated/α-hetero) is 1. The van der Waals surface area contributed by atoms with Crippen LogP contribution in [0, 0.1) is 22.1 Å². The molecular formula is C17H24ClFN2O. The topological polar surface area (TPSA) is 66.9 Å². The zero-order chi connectivity index (χ0) is 17.1. The van der Waals surface area contributed by atoms with Gasteiger partial charge in [0.1, 0.15) is 5.82 Å². The highest BCUT2D eigenvalue weighted by Gasteiger charge is 2.34. The minimum Gasteiger partial charge on any atom is -0.395 e. The molecule has 0 saturated heterocycles. The summed E-state index contributed by atoms with van der Waals surface area (Å²) in [7, 11) is 0. The molecule has 22 heavy (non-hydrogen) atoms. The molecule has 1 aromatic carbocycles. The van der Waals surface area contributed by atoms with Crippen LogP contribution in [0.2, 0.25) is 5.02 Å². The summed E-state index contributed by atoms with van der Waals surface area (Å²) >= 11 is 5.88. The quantitative estimate of drug-likeness (QED) is 0.433. The Balaban J connectivity index is 3.15. The minimum atomic E-state index is -0.749. The molecule has 0 fully saturated rings. The smallest absolute Gasteiger partial charge is 0.169 e. The van der Waals surface area contributed by atoms with Gasteiger partial charge in [0.05, 0.1) is 10.7 Å². The number of nitrogen functional groups attached to an aromatic ring is 1. The van der Waals surface area contributed by atoms with Gasteiger partial charge in [-0.15, -0.1) is 0 Å². The Kier molecular flexibility index (Phi) is 5.74. The van der Waals surface area contributed by atoms with Gasteiger partial charge in [-0.1, -0.05) is 39.3 Å². The number of anilines is 1. The van der Waals surface area contributed by atoms with Crippen LogP contribution in [0.15, 0.2) is 12.1 Å². The summed E-state index contributed by atoms with van der Waals surface area (Å²) in [4.78, 5) is 12.8. The third kappa shape index (κ3) is 4.54. The van der Waals surface area contributed by atoms with Crippen LogP contribution >= 0.6 is 11.6 Å². The summed E-state index contributed by atoms with van der Waals surface area (Å²) in [5, 5.41) is 7.41. The number of hydrogen-bond donors (Lipinski definition) is 2. The van der Waals surface area contributed by atoms with E-state index in [0.29, 0.717) is 12.8 Å². The fourth-order valence-electron chi connectivity index (χ4n) is 2.25. The van der Waals surface area contributed by atoms with Gasteiger partial charge in [0.2, 0.25) is 0 Å². The molecule has 5 heteroatoms. The van der Waals surface area contributed by atoms with Crippen LogP contribution in [0.3, 0.4) is 0 Å². The maximum absolute atomic E-state index is 13.7. The maximum atomic E-state index is 13.7. The second kappa shape index (κ2) is 6.78. The summed E-state index contributed by atoms with van der Waals surface area (Å²) in [5.41, 5.74) is 4.86. The first-order chi connectivity index (χ1) is 10.00. The fraction of sp³-hybridized carbons (Fsp3) is 0.529. The molecule has 0 aliphatic carbocycles. The molecule has 0 aliphatic heterocycles. The highest BCUT2D eigenvalue weighted by molar-refractivity contribution is 6.33. The van der Waals surface area contributed by atoms with Crippen molar-refractivity contribution in [2.24, 2.45) is 10.8 Å². The lowest BCUT2D eigenvalue weighted by Gasteiger charge is -2.30. The number of carbonyl (C=O) groups excluding carboxylic acids is 1. The first-order valence-corrected chi connectivity index (χ1v) is 7.66. The SMILES string of the molecule is CC(C)(C)CC[C@](C)(CC=N)C(=O)c1cc(F)c(N)c(Cl)c1. The Morgan fingerprint density at radius 2 is 1.91 bits per heavy atom. The number of nitrogens with two attached hydrogens (primary N) is 1. The molecule has 1 aromatic rings. The average Bonchev–Trinajstić information content (AvgIpc) is 2.41. The number of nitrogens with one attached hydrogen (secondary N) is 1. The third-order valence-corrected chi connectivity index (χ3v) is 4.18. The van der Waals surface area contributed by atoms with Crippen LogP contribution in [0.4, 0.5) is 10.1 Å². The summed E-state index contributed by atoms with van der Waals surface area (Å²) in [5.74, 6) is -0.898. The predicted octanol–water partition coefficient (Wildman–Crippen LogP) is 5.12. The normalized spacial score (nSPS) is 14.5. The van der Waals surface area contributed by atoms with Crippen molar-refractivity contribution in [1.82, 2.24) is 0 Å². The molecule has 1 atom stereocenters. The van der Waals surface area contributed by atoms with Crippen molar-refractivity contribution >= 4 is 29.3 Å². The third-order valence-electron chi connectivity index (χ3n) is 3.87. The summed E-state index contributed by atoms with van der Waals surface area (Å²) in [6.07, 6.45) is 2.99. The molecule has 3 nitrogen and oxygen atoms in total. The molecule has 0 heterocycles. The average molecular weight is 327 g/mol. The molecule has 3 N–H and O–H groups in total. The Labute approximate surface area is 136 Å². The molecule has 0 unspecified atom stereocenters. The van der Waals surface area contributed by atoms with Crippen LogP contribution in [0.1, 0.15) is 57.3 Å². The Hall–Kier alpha value is -1.42. The van der Waals surface area contributed by atoms with Gasteiger partial charge < -0.3 is 11.1 Å². The van der Waals surface area contributed by atoms with Crippen LogP contribution < -0.4 is 5.73 Å². The molecule has 122 valence electrons. The van der Waals surface area contributed by atoms with Gasteiger partial charge in [0.25, 0.3) is 0 Å². The molecular weight excluding hydrogens is 303 g/mol. The van der Waals surface area contributed by atoms with E-state index in [0.717, 1.165) is 12.5 Å². The lowest BCUT2D eigenvalue weighted by molar-refractivity contribution is 0.0793. The second-order valence-corrected chi connectivity index (χ2v) is 7.62. The van der Waals surface area contributed by atoms with Gasteiger partial charge in [-0.3, -0.25) is 4.79 Å². The lowest BCUT2D eigenvalue weighted by atomic mass is 9.72. The van der Waals surface area contributed by atoms with Crippen molar-refractivity contribution < 1.29 is 9.18 Å². The van der Waals surface area contributed by atoms with Crippen molar-refractivity contribution in [3.8, 4) is 0 Å². The van der Waals surface area contributed by atoms with Crippen LogP contribution in [0.25, 0.3) is 0 Å². The fourth-order valence-corrected chi connectivity index (χ4v) is 2.46. The number of ketones is 1. The Morgan fingerprint density at radius 1 is 1.32 bits per heavy atom. The summed E-state index contributed by atoms with van der Waals surface area (Å²) in [6, 6.07) is 2.53. The van der Waals surface area contributed by atoms with E-state index < -0.39 is 11.2 Å². The molecule has 0 radical (unpaired) electrons. The van der Waals surface area contributed by atoms with Crippen molar-refractivity contribution in [3.05, 3.63) is 28.5 Å². The Bertz CT molecular complexity index is 558. The zero-order valence-electron chi connectivity index (χ0n) is 13.6. The van der Waals surface area contributed by atoms with Gasteiger partial charge in [-0.2, -0.15) is 0 Å². The van der Waals surface area contributed by atoms with Crippen LogP contribution in [-0.4, -0.2) is 12.0 Å². The number of halogens is 2.